The van der Waals surface area contributed by atoms with Crippen LogP contribution in [0, 0.1) is 12.8 Å². The summed E-state index contributed by atoms with van der Waals surface area (Å²) in [5.41, 5.74) is 4.53. The van der Waals surface area contributed by atoms with E-state index in [0.29, 0.717) is 13.2 Å². The maximum absolute atomic E-state index is 12.8. The minimum absolute atomic E-state index is 0.0568. The van der Waals surface area contributed by atoms with Crippen molar-refractivity contribution in [2.45, 2.75) is 32.9 Å². The molecule has 1 fully saturated rings. The highest BCUT2D eigenvalue weighted by molar-refractivity contribution is 7.22. The van der Waals surface area contributed by atoms with Gasteiger partial charge in [0.2, 0.25) is 5.91 Å². The molecular formula is C28H29N3O2S. The monoisotopic (exact) mass is 471 g/mol. The zero-order valence-corrected chi connectivity index (χ0v) is 20.2. The third kappa shape index (κ3) is 5.39. The molecule has 1 aromatic heterocycles. The number of thiazole rings is 1. The fraction of sp³-hybridized carbons (Fsp3) is 0.286. The van der Waals surface area contributed by atoms with Crippen molar-refractivity contribution >= 4 is 32.6 Å². The Kier molecular flexibility index (Phi) is 6.77. The number of aryl methyl sites for hydroxylation is 1. The number of carbonyl (C=O) groups excluding carboxylic acids is 1. The molecule has 1 aliphatic rings. The SMILES string of the molecule is Cc1ccc2nc(N3CCC(C(=O)NCc4ccc(OCc5ccccc5)cc4)CC3)sc2c1. The van der Waals surface area contributed by atoms with Crippen LogP contribution in [0.25, 0.3) is 10.2 Å². The van der Waals surface area contributed by atoms with E-state index in [1.54, 1.807) is 11.3 Å². The van der Waals surface area contributed by atoms with E-state index in [9.17, 15) is 4.79 Å². The van der Waals surface area contributed by atoms with Crippen molar-refractivity contribution in [2.75, 3.05) is 18.0 Å². The van der Waals surface area contributed by atoms with Crippen molar-refractivity contribution in [1.29, 1.82) is 0 Å². The van der Waals surface area contributed by atoms with Crippen LogP contribution in [0.5, 0.6) is 5.75 Å². The second kappa shape index (κ2) is 10.3. The molecule has 2 heterocycles. The minimum Gasteiger partial charge on any atom is -0.489 e. The van der Waals surface area contributed by atoms with Gasteiger partial charge in [0.05, 0.1) is 10.2 Å². The van der Waals surface area contributed by atoms with E-state index < -0.39 is 0 Å². The Morgan fingerprint density at radius 3 is 2.56 bits per heavy atom. The Morgan fingerprint density at radius 1 is 1.03 bits per heavy atom. The highest BCUT2D eigenvalue weighted by atomic mass is 32.1. The first kappa shape index (κ1) is 22.4. The van der Waals surface area contributed by atoms with E-state index in [0.717, 1.165) is 53.5 Å². The molecule has 1 amide bonds. The number of hydrogen-bond acceptors (Lipinski definition) is 5. The first-order chi connectivity index (χ1) is 16.6. The molecule has 0 unspecified atom stereocenters. The van der Waals surface area contributed by atoms with Gasteiger partial charge in [0, 0.05) is 25.6 Å². The Labute approximate surface area is 204 Å². The van der Waals surface area contributed by atoms with Crippen molar-refractivity contribution in [1.82, 2.24) is 10.3 Å². The number of nitrogens with one attached hydrogen (secondary N) is 1. The molecule has 1 aliphatic heterocycles. The zero-order chi connectivity index (χ0) is 23.3. The summed E-state index contributed by atoms with van der Waals surface area (Å²) in [5, 5.41) is 4.18. The van der Waals surface area contributed by atoms with Crippen molar-refractivity contribution in [3.63, 3.8) is 0 Å². The molecule has 6 heteroatoms. The van der Waals surface area contributed by atoms with Gasteiger partial charge in [-0.25, -0.2) is 4.98 Å². The molecule has 0 atom stereocenters. The molecule has 1 N–H and O–H groups in total. The van der Waals surface area contributed by atoms with Gasteiger partial charge >= 0.3 is 0 Å². The van der Waals surface area contributed by atoms with Crippen LogP contribution in [0.15, 0.2) is 72.8 Å². The summed E-state index contributed by atoms with van der Waals surface area (Å²) in [6.07, 6.45) is 1.71. The smallest absolute Gasteiger partial charge is 0.223 e. The lowest BCUT2D eigenvalue weighted by atomic mass is 9.96. The number of benzene rings is 3. The molecule has 0 bridgehead atoms. The van der Waals surface area contributed by atoms with E-state index >= 15 is 0 Å². The van der Waals surface area contributed by atoms with Crippen LogP contribution >= 0.6 is 11.3 Å². The molecule has 0 radical (unpaired) electrons. The van der Waals surface area contributed by atoms with Crippen LogP contribution in [0.2, 0.25) is 0 Å². The van der Waals surface area contributed by atoms with Crippen molar-refractivity contribution < 1.29 is 9.53 Å². The van der Waals surface area contributed by atoms with E-state index in [4.69, 9.17) is 9.72 Å². The van der Waals surface area contributed by atoms with Crippen LogP contribution in [-0.2, 0) is 17.9 Å². The molecule has 3 aromatic carbocycles. The van der Waals surface area contributed by atoms with Crippen LogP contribution in [0.3, 0.4) is 0 Å². The highest BCUT2D eigenvalue weighted by Crippen LogP contribution is 2.32. The highest BCUT2D eigenvalue weighted by Gasteiger charge is 2.26. The van der Waals surface area contributed by atoms with Crippen molar-refractivity contribution in [3.05, 3.63) is 89.5 Å². The molecule has 4 aromatic rings. The van der Waals surface area contributed by atoms with Gasteiger partial charge in [0.1, 0.15) is 12.4 Å². The summed E-state index contributed by atoms with van der Waals surface area (Å²) in [5.74, 6) is 1.03. The maximum Gasteiger partial charge on any atom is 0.223 e. The Balaban J connectivity index is 1.08. The normalized spacial score (nSPS) is 14.3. The van der Waals surface area contributed by atoms with E-state index in [1.165, 1.54) is 10.3 Å². The predicted molar refractivity (Wildman–Crippen MR) is 138 cm³/mol. The minimum atomic E-state index is 0.0568. The fourth-order valence-electron chi connectivity index (χ4n) is 4.27. The van der Waals surface area contributed by atoms with Crippen LogP contribution in [0.4, 0.5) is 5.13 Å². The lowest BCUT2D eigenvalue weighted by Gasteiger charge is -2.31. The molecule has 34 heavy (non-hydrogen) atoms. The van der Waals surface area contributed by atoms with E-state index in [1.807, 2.05) is 54.6 Å². The van der Waals surface area contributed by atoms with E-state index in [2.05, 4.69) is 35.3 Å². The summed E-state index contributed by atoms with van der Waals surface area (Å²) in [4.78, 5) is 19.9. The second-order valence-corrected chi connectivity index (χ2v) is 9.87. The lowest BCUT2D eigenvalue weighted by Crippen LogP contribution is -2.40. The predicted octanol–water partition coefficient (Wildman–Crippen LogP) is 5.72. The maximum atomic E-state index is 12.8. The summed E-state index contributed by atoms with van der Waals surface area (Å²) in [6, 6.07) is 24.5. The molecule has 5 rings (SSSR count). The van der Waals surface area contributed by atoms with Gasteiger partial charge in [-0.15, -0.1) is 0 Å². The van der Waals surface area contributed by atoms with Gasteiger partial charge < -0.3 is 15.0 Å². The zero-order valence-electron chi connectivity index (χ0n) is 19.4. The molecule has 0 spiro atoms. The van der Waals surface area contributed by atoms with Crippen LogP contribution in [0.1, 0.15) is 29.5 Å². The molecule has 1 saturated heterocycles. The van der Waals surface area contributed by atoms with Gasteiger partial charge in [-0.2, -0.15) is 0 Å². The Bertz CT molecular complexity index is 1250. The quantitative estimate of drug-likeness (QED) is 0.375. The average Bonchev–Trinajstić information content (AvgIpc) is 3.30. The van der Waals surface area contributed by atoms with Crippen LogP contribution < -0.4 is 15.0 Å². The number of carbonyl (C=O) groups is 1. The third-order valence-electron chi connectivity index (χ3n) is 6.31. The fourth-order valence-corrected chi connectivity index (χ4v) is 5.38. The van der Waals surface area contributed by atoms with Gasteiger partial charge in [-0.3, -0.25) is 4.79 Å². The molecule has 5 nitrogen and oxygen atoms in total. The molecule has 0 aliphatic carbocycles. The van der Waals surface area contributed by atoms with E-state index in [-0.39, 0.29) is 11.8 Å². The Morgan fingerprint density at radius 2 is 1.79 bits per heavy atom. The first-order valence-corrected chi connectivity index (χ1v) is 12.6. The molecule has 0 saturated carbocycles. The summed E-state index contributed by atoms with van der Waals surface area (Å²) in [6.45, 7) is 4.92. The van der Waals surface area contributed by atoms with Crippen LogP contribution in [-0.4, -0.2) is 24.0 Å². The van der Waals surface area contributed by atoms with Crippen molar-refractivity contribution in [2.24, 2.45) is 5.92 Å². The van der Waals surface area contributed by atoms with Gasteiger partial charge in [-0.05, 0) is 60.7 Å². The number of fused-ring (bicyclic) bond motifs is 1. The molecular weight excluding hydrogens is 442 g/mol. The van der Waals surface area contributed by atoms with Crippen molar-refractivity contribution in [3.8, 4) is 5.75 Å². The summed E-state index contributed by atoms with van der Waals surface area (Å²) in [7, 11) is 0. The number of aromatic nitrogens is 1. The number of anilines is 1. The molecule has 174 valence electrons. The number of rotatable bonds is 7. The van der Waals surface area contributed by atoms with Gasteiger partial charge in [0.25, 0.3) is 0 Å². The average molecular weight is 472 g/mol. The number of nitrogens with zero attached hydrogens (tertiary/aromatic N) is 2. The third-order valence-corrected chi connectivity index (χ3v) is 7.39. The number of piperidine rings is 1. The Hall–Kier alpha value is -3.38. The second-order valence-electron chi connectivity index (χ2n) is 8.86. The number of ether oxygens (including phenoxy) is 1. The van der Waals surface area contributed by atoms with Gasteiger partial charge in [-0.1, -0.05) is 59.9 Å². The first-order valence-electron chi connectivity index (χ1n) is 11.8. The lowest BCUT2D eigenvalue weighted by molar-refractivity contribution is -0.125. The van der Waals surface area contributed by atoms with Gasteiger partial charge in [0.15, 0.2) is 5.13 Å². The number of amides is 1. The topological polar surface area (TPSA) is 54.5 Å². The number of hydrogen-bond donors (Lipinski definition) is 1. The summed E-state index contributed by atoms with van der Waals surface area (Å²) >= 11 is 1.74. The summed E-state index contributed by atoms with van der Waals surface area (Å²) < 4.78 is 7.07. The largest absolute Gasteiger partial charge is 0.489 e. The standard InChI is InChI=1S/C28H29N3O2S/c1-20-7-12-25-26(17-20)34-28(30-25)31-15-13-23(14-16-31)27(32)29-18-21-8-10-24(11-9-21)33-19-22-5-3-2-4-6-22/h2-12,17,23H,13-16,18-19H2,1H3,(H,29,32).